The number of carbonyl (C=O) groups is 2. The Morgan fingerprint density at radius 3 is 2.58 bits per heavy atom. The second kappa shape index (κ2) is 9.59. The number of thioether (sulfide) groups is 1. The van der Waals surface area contributed by atoms with Crippen LogP contribution >= 0.6 is 23.4 Å². The van der Waals surface area contributed by atoms with E-state index in [1.54, 1.807) is 30.3 Å². The third-order valence-electron chi connectivity index (χ3n) is 3.02. The summed E-state index contributed by atoms with van der Waals surface area (Å²) in [6.45, 7) is 0. The van der Waals surface area contributed by atoms with Gasteiger partial charge in [0.05, 0.1) is 10.7 Å². The van der Waals surface area contributed by atoms with Crippen LogP contribution in [-0.2, 0) is 9.59 Å². The summed E-state index contributed by atoms with van der Waals surface area (Å²) in [6.07, 6.45) is 2.59. The predicted molar refractivity (Wildman–Crippen MR) is 101 cm³/mol. The molecule has 0 unspecified atom stereocenters. The first kappa shape index (κ1) is 19.5. The summed E-state index contributed by atoms with van der Waals surface area (Å²) in [4.78, 5) is 34.4. The average molecular weight is 392 g/mol. The lowest BCUT2D eigenvalue weighted by molar-refractivity contribution is -0.384. The van der Waals surface area contributed by atoms with Crippen LogP contribution in [0, 0.1) is 10.1 Å². The van der Waals surface area contributed by atoms with Gasteiger partial charge in [-0.2, -0.15) is 0 Å². The molecule has 0 spiro atoms. The van der Waals surface area contributed by atoms with Gasteiger partial charge in [0.15, 0.2) is 0 Å². The molecular formula is C17H14ClN3O4S. The number of hydrogen-bond donors (Lipinski definition) is 2. The molecule has 0 radical (unpaired) electrons. The molecule has 134 valence electrons. The Morgan fingerprint density at radius 2 is 1.88 bits per heavy atom. The van der Waals surface area contributed by atoms with Crippen LogP contribution in [0.5, 0.6) is 0 Å². The maximum Gasteiger partial charge on any atom is 0.270 e. The first-order valence-electron chi connectivity index (χ1n) is 7.34. The van der Waals surface area contributed by atoms with Gasteiger partial charge in [-0.25, -0.2) is 0 Å². The van der Waals surface area contributed by atoms with E-state index in [1.807, 2.05) is 0 Å². The van der Waals surface area contributed by atoms with Crippen molar-refractivity contribution in [2.45, 2.75) is 4.90 Å². The number of halogens is 1. The normalized spacial score (nSPS) is 10.5. The molecule has 0 fully saturated rings. The highest BCUT2D eigenvalue weighted by molar-refractivity contribution is 8.00. The van der Waals surface area contributed by atoms with Gasteiger partial charge >= 0.3 is 0 Å². The summed E-state index contributed by atoms with van der Waals surface area (Å²) in [5.41, 5.74) is 4.96. The van der Waals surface area contributed by atoms with Gasteiger partial charge in [-0.15, -0.1) is 11.8 Å². The molecule has 0 saturated carbocycles. The van der Waals surface area contributed by atoms with Crippen LogP contribution in [0.15, 0.2) is 59.5 Å². The fourth-order valence-electron chi connectivity index (χ4n) is 1.80. The number of rotatable bonds is 6. The summed E-state index contributed by atoms with van der Waals surface area (Å²) in [6, 6.07) is 12.9. The number of nitrogens with one attached hydrogen (secondary N) is 2. The fraction of sp³-hybridized carbons (Fsp3) is 0.0588. The minimum Gasteiger partial charge on any atom is -0.272 e. The van der Waals surface area contributed by atoms with Crippen LogP contribution in [0.25, 0.3) is 6.08 Å². The van der Waals surface area contributed by atoms with E-state index in [9.17, 15) is 19.7 Å². The standard InChI is InChI=1S/C17H14ClN3O4S/c18-13-5-7-15(8-6-13)26-11-17(23)20-19-16(22)9-4-12-2-1-3-14(10-12)21(24)25/h1-10H,11H2,(H,19,22)(H,20,23)/b9-4+. The van der Waals surface area contributed by atoms with Gasteiger partial charge in [0.2, 0.25) is 5.91 Å². The van der Waals surface area contributed by atoms with Gasteiger partial charge in [0.1, 0.15) is 0 Å². The molecule has 0 aromatic heterocycles. The topological polar surface area (TPSA) is 101 Å². The van der Waals surface area contributed by atoms with E-state index in [0.29, 0.717) is 10.6 Å². The summed E-state index contributed by atoms with van der Waals surface area (Å²) >= 11 is 7.08. The van der Waals surface area contributed by atoms with Crippen LogP contribution in [-0.4, -0.2) is 22.5 Å². The molecule has 0 atom stereocenters. The molecule has 2 aromatic rings. The SMILES string of the molecule is O=C(/C=C/c1cccc([N+](=O)[O-])c1)NNC(=O)CSc1ccc(Cl)cc1. The predicted octanol–water partition coefficient (Wildman–Crippen LogP) is 3.20. The number of non-ortho nitro benzene ring substituents is 1. The van der Waals surface area contributed by atoms with E-state index in [-0.39, 0.29) is 17.3 Å². The molecule has 0 heterocycles. The monoisotopic (exact) mass is 391 g/mol. The molecule has 9 heteroatoms. The Hall–Kier alpha value is -2.84. The van der Waals surface area contributed by atoms with E-state index < -0.39 is 10.8 Å². The van der Waals surface area contributed by atoms with Crippen molar-refractivity contribution in [1.82, 2.24) is 10.9 Å². The maximum atomic E-state index is 11.7. The lowest BCUT2D eigenvalue weighted by Gasteiger charge is -2.05. The van der Waals surface area contributed by atoms with Crippen LogP contribution in [0.2, 0.25) is 5.02 Å². The van der Waals surface area contributed by atoms with Crippen molar-refractivity contribution in [2.75, 3.05) is 5.75 Å². The second-order valence-electron chi connectivity index (χ2n) is 4.97. The highest BCUT2D eigenvalue weighted by Gasteiger charge is 2.05. The third-order valence-corrected chi connectivity index (χ3v) is 4.28. The third kappa shape index (κ3) is 6.58. The van der Waals surface area contributed by atoms with Crippen LogP contribution in [0.3, 0.4) is 0 Å². The number of hydrogen-bond acceptors (Lipinski definition) is 5. The van der Waals surface area contributed by atoms with Gasteiger partial charge in [-0.3, -0.25) is 30.6 Å². The minimum absolute atomic E-state index is 0.0694. The van der Waals surface area contributed by atoms with E-state index in [4.69, 9.17) is 11.6 Å². The van der Waals surface area contributed by atoms with Crippen molar-refractivity contribution in [1.29, 1.82) is 0 Å². The van der Waals surface area contributed by atoms with Gasteiger partial charge in [0, 0.05) is 28.1 Å². The first-order chi connectivity index (χ1) is 12.4. The molecule has 0 bridgehead atoms. The molecule has 26 heavy (non-hydrogen) atoms. The number of carbonyl (C=O) groups excluding carboxylic acids is 2. The highest BCUT2D eigenvalue weighted by atomic mass is 35.5. The Balaban J connectivity index is 1.77. The number of nitrogens with zero attached hydrogens (tertiary/aromatic N) is 1. The van der Waals surface area contributed by atoms with Crippen molar-refractivity contribution in [3.8, 4) is 0 Å². The molecule has 0 aliphatic heterocycles. The summed E-state index contributed by atoms with van der Waals surface area (Å²) < 4.78 is 0. The van der Waals surface area contributed by atoms with E-state index >= 15 is 0 Å². The van der Waals surface area contributed by atoms with Crippen molar-refractivity contribution in [2.24, 2.45) is 0 Å². The number of nitro groups is 1. The zero-order valence-electron chi connectivity index (χ0n) is 13.3. The Kier molecular flexibility index (Phi) is 7.19. The molecule has 0 aliphatic rings. The molecule has 0 aliphatic carbocycles. The molecule has 7 nitrogen and oxygen atoms in total. The van der Waals surface area contributed by atoms with E-state index in [1.165, 1.54) is 42.1 Å². The Bertz CT molecular complexity index is 840. The lowest BCUT2D eigenvalue weighted by atomic mass is 10.2. The largest absolute Gasteiger partial charge is 0.272 e. The molecular weight excluding hydrogens is 378 g/mol. The number of nitro benzene ring substituents is 1. The van der Waals surface area contributed by atoms with E-state index in [2.05, 4.69) is 10.9 Å². The zero-order valence-corrected chi connectivity index (χ0v) is 14.9. The molecule has 2 rings (SSSR count). The highest BCUT2D eigenvalue weighted by Crippen LogP contribution is 2.19. The summed E-state index contributed by atoms with van der Waals surface area (Å²) in [7, 11) is 0. The molecule has 2 amide bonds. The van der Waals surface area contributed by atoms with Crippen molar-refractivity contribution in [3.05, 3.63) is 75.3 Å². The van der Waals surface area contributed by atoms with Crippen LogP contribution < -0.4 is 10.9 Å². The molecule has 2 N–H and O–H groups in total. The van der Waals surface area contributed by atoms with Gasteiger partial charge in [-0.1, -0.05) is 23.7 Å². The lowest BCUT2D eigenvalue weighted by Crippen LogP contribution is -2.41. The quantitative estimate of drug-likeness (QED) is 0.341. The van der Waals surface area contributed by atoms with Gasteiger partial charge in [0.25, 0.3) is 11.6 Å². The Labute approximate surface area is 158 Å². The first-order valence-corrected chi connectivity index (χ1v) is 8.70. The smallest absolute Gasteiger partial charge is 0.270 e. The van der Waals surface area contributed by atoms with E-state index in [0.717, 1.165) is 4.90 Å². The average Bonchev–Trinajstić information content (AvgIpc) is 2.64. The van der Waals surface area contributed by atoms with Gasteiger partial charge < -0.3 is 0 Å². The van der Waals surface area contributed by atoms with Crippen molar-refractivity contribution in [3.63, 3.8) is 0 Å². The van der Waals surface area contributed by atoms with Crippen molar-refractivity contribution >= 4 is 46.9 Å². The minimum atomic E-state index is -0.554. The summed E-state index contributed by atoms with van der Waals surface area (Å²) in [5.74, 6) is -0.806. The molecule has 0 saturated heterocycles. The second-order valence-corrected chi connectivity index (χ2v) is 6.45. The van der Waals surface area contributed by atoms with Gasteiger partial charge in [-0.05, 0) is 35.9 Å². The zero-order chi connectivity index (χ0) is 18.9. The Morgan fingerprint density at radius 1 is 1.15 bits per heavy atom. The fourth-order valence-corrected chi connectivity index (χ4v) is 2.63. The number of hydrazine groups is 1. The van der Waals surface area contributed by atoms with Crippen LogP contribution in [0.1, 0.15) is 5.56 Å². The summed E-state index contributed by atoms with van der Waals surface area (Å²) in [5, 5.41) is 11.3. The number of benzene rings is 2. The van der Waals surface area contributed by atoms with Crippen LogP contribution in [0.4, 0.5) is 5.69 Å². The molecule has 2 aromatic carbocycles. The maximum absolute atomic E-state index is 11.7. The number of amides is 2. The van der Waals surface area contributed by atoms with Crippen molar-refractivity contribution < 1.29 is 14.5 Å².